The van der Waals surface area contributed by atoms with E-state index in [1.807, 2.05) is 0 Å². The zero-order chi connectivity index (χ0) is 16.5. The lowest BCUT2D eigenvalue weighted by molar-refractivity contribution is 0.264. The molecule has 3 heteroatoms. The molecule has 0 amide bonds. The van der Waals surface area contributed by atoms with Crippen LogP contribution in [0.1, 0.15) is 104 Å². The van der Waals surface area contributed by atoms with Crippen molar-refractivity contribution in [2.24, 2.45) is 0 Å². The van der Waals surface area contributed by atoms with Crippen LogP contribution in [0.3, 0.4) is 0 Å². The van der Waals surface area contributed by atoms with Gasteiger partial charge in [0.25, 0.3) is 0 Å². The normalized spacial score (nSPS) is 13.0. The number of hydrogen-bond donors (Lipinski definition) is 0. The second-order valence-electron chi connectivity index (χ2n) is 6.85. The largest absolute Gasteiger partial charge is 0.400 e. The third kappa shape index (κ3) is 13.8. The van der Waals surface area contributed by atoms with Crippen LogP contribution in [0.4, 0.5) is 0 Å². The summed E-state index contributed by atoms with van der Waals surface area (Å²) < 4.78 is 10.9. The molecule has 1 atom stereocenters. The molecule has 22 heavy (non-hydrogen) atoms. The first-order valence-electron chi connectivity index (χ1n) is 9.81. The molecule has 0 rings (SSSR count). The summed E-state index contributed by atoms with van der Waals surface area (Å²) in [5, 5.41) is 0. The molecule has 0 aromatic carbocycles. The molecule has 0 N–H and O–H groups in total. The summed E-state index contributed by atoms with van der Waals surface area (Å²) in [6.45, 7) is 4.57. The first-order valence-corrected chi connectivity index (χ1v) is 11.4. The Morgan fingerprint density at radius 3 is 1.36 bits per heavy atom. The minimum absolute atomic E-state index is 0.641. The molecule has 134 valence electrons. The average Bonchev–Trinajstić information content (AvgIpc) is 2.53. The zero-order valence-electron chi connectivity index (χ0n) is 15.9. The van der Waals surface area contributed by atoms with Gasteiger partial charge in [-0.2, -0.15) is 0 Å². The third-order valence-electron chi connectivity index (χ3n) is 4.69. The van der Waals surface area contributed by atoms with Crippen molar-refractivity contribution in [2.45, 2.75) is 109 Å². The summed E-state index contributed by atoms with van der Waals surface area (Å²) in [4.78, 5) is 0. The quantitative estimate of drug-likeness (QED) is 0.228. The standard InChI is InChI=1S/C19H42O2Si/c1-5-6-7-8-9-10-11-12-13-14-15-16-17-18-19(2)22(20-3)21-4/h19,22H,5-18H2,1-4H3. The zero-order valence-corrected chi connectivity index (χ0v) is 17.0. The van der Waals surface area contributed by atoms with Gasteiger partial charge in [0.05, 0.1) is 0 Å². The van der Waals surface area contributed by atoms with Gasteiger partial charge in [-0.15, -0.1) is 0 Å². The van der Waals surface area contributed by atoms with Crippen LogP contribution in [0.5, 0.6) is 0 Å². The summed E-state index contributed by atoms with van der Waals surface area (Å²) in [7, 11) is 2.21. The van der Waals surface area contributed by atoms with E-state index in [4.69, 9.17) is 8.85 Å². The maximum atomic E-state index is 5.44. The van der Waals surface area contributed by atoms with Crippen LogP contribution in [0.25, 0.3) is 0 Å². The Morgan fingerprint density at radius 1 is 0.636 bits per heavy atom. The van der Waals surface area contributed by atoms with Gasteiger partial charge < -0.3 is 8.85 Å². The van der Waals surface area contributed by atoms with E-state index in [2.05, 4.69) is 13.8 Å². The maximum Gasteiger partial charge on any atom is 0.323 e. The lowest BCUT2D eigenvalue weighted by atomic mass is 10.0. The fraction of sp³-hybridized carbons (Fsp3) is 1.00. The van der Waals surface area contributed by atoms with E-state index in [0.29, 0.717) is 5.54 Å². The first-order chi connectivity index (χ1) is 10.8. The molecule has 0 aliphatic rings. The molecule has 0 spiro atoms. The van der Waals surface area contributed by atoms with E-state index in [-0.39, 0.29) is 0 Å². The van der Waals surface area contributed by atoms with Crippen molar-refractivity contribution in [3.05, 3.63) is 0 Å². The highest BCUT2D eigenvalue weighted by Gasteiger charge is 2.18. The minimum Gasteiger partial charge on any atom is -0.400 e. The SMILES string of the molecule is CCCCCCCCCCCCCCCC(C)[SiH](OC)OC. The van der Waals surface area contributed by atoms with E-state index < -0.39 is 9.28 Å². The molecule has 0 saturated carbocycles. The lowest BCUT2D eigenvalue weighted by Gasteiger charge is -2.18. The summed E-state index contributed by atoms with van der Waals surface area (Å²) in [6.07, 6.45) is 19.8. The molecule has 0 aliphatic heterocycles. The first kappa shape index (κ1) is 22.1. The van der Waals surface area contributed by atoms with Gasteiger partial charge in [0.15, 0.2) is 0 Å². The van der Waals surface area contributed by atoms with Crippen LogP contribution < -0.4 is 0 Å². The van der Waals surface area contributed by atoms with Gasteiger partial charge in [0, 0.05) is 14.2 Å². The van der Waals surface area contributed by atoms with Crippen molar-refractivity contribution < 1.29 is 8.85 Å². The van der Waals surface area contributed by atoms with Crippen molar-refractivity contribution in [1.29, 1.82) is 0 Å². The molecule has 0 fully saturated rings. The van der Waals surface area contributed by atoms with E-state index in [0.717, 1.165) is 0 Å². The number of hydrogen-bond acceptors (Lipinski definition) is 2. The van der Waals surface area contributed by atoms with E-state index in [1.165, 1.54) is 89.9 Å². The van der Waals surface area contributed by atoms with Crippen LogP contribution >= 0.6 is 0 Å². The van der Waals surface area contributed by atoms with Crippen LogP contribution in [-0.4, -0.2) is 23.5 Å². The molecule has 0 aromatic rings. The maximum absolute atomic E-state index is 5.44. The average molecular weight is 331 g/mol. The van der Waals surface area contributed by atoms with Gasteiger partial charge in [-0.05, 0) is 12.0 Å². The van der Waals surface area contributed by atoms with Crippen LogP contribution in [0.2, 0.25) is 5.54 Å². The number of unbranched alkanes of at least 4 members (excludes halogenated alkanes) is 12. The molecular formula is C19H42O2Si. The fourth-order valence-corrected chi connectivity index (χ4v) is 4.81. The molecule has 0 aromatic heterocycles. The molecule has 0 saturated heterocycles. The smallest absolute Gasteiger partial charge is 0.323 e. The van der Waals surface area contributed by atoms with Crippen LogP contribution in [-0.2, 0) is 8.85 Å². The summed E-state index contributed by atoms with van der Waals surface area (Å²) in [5.41, 5.74) is 0.641. The second-order valence-corrected chi connectivity index (χ2v) is 9.67. The molecular weight excluding hydrogens is 288 g/mol. The van der Waals surface area contributed by atoms with Gasteiger partial charge in [-0.3, -0.25) is 0 Å². The Balaban J connectivity index is 3.17. The third-order valence-corrected chi connectivity index (χ3v) is 6.88. The second kappa shape index (κ2) is 17.5. The summed E-state index contributed by atoms with van der Waals surface area (Å²) in [6, 6.07) is 0. The Hall–Kier alpha value is 0.137. The minimum atomic E-state index is -1.38. The van der Waals surface area contributed by atoms with Gasteiger partial charge in [-0.25, -0.2) is 0 Å². The highest BCUT2D eigenvalue weighted by atomic mass is 28.3. The molecule has 2 nitrogen and oxygen atoms in total. The molecule has 1 unspecified atom stereocenters. The van der Waals surface area contributed by atoms with Crippen molar-refractivity contribution in [1.82, 2.24) is 0 Å². The van der Waals surface area contributed by atoms with Gasteiger partial charge in [0.1, 0.15) is 0 Å². The summed E-state index contributed by atoms with van der Waals surface area (Å²) in [5.74, 6) is 0. The van der Waals surface area contributed by atoms with Crippen molar-refractivity contribution >= 4 is 9.28 Å². The molecule has 0 heterocycles. The Kier molecular flexibility index (Phi) is 17.6. The topological polar surface area (TPSA) is 18.5 Å². The van der Waals surface area contributed by atoms with Gasteiger partial charge in [-0.1, -0.05) is 97.3 Å². The van der Waals surface area contributed by atoms with Gasteiger partial charge in [0.2, 0.25) is 0 Å². The lowest BCUT2D eigenvalue weighted by Crippen LogP contribution is -2.24. The highest BCUT2D eigenvalue weighted by Crippen LogP contribution is 2.20. The van der Waals surface area contributed by atoms with E-state index in [1.54, 1.807) is 14.2 Å². The highest BCUT2D eigenvalue weighted by molar-refractivity contribution is 6.46. The fourth-order valence-electron chi connectivity index (χ4n) is 3.18. The van der Waals surface area contributed by atoms with E-state index in [9.17, 15) is 0 Å². The predicted molar refractivity (Wildman–Crippen MR) is 101 cm³/mol. The summed E-state index contributed by atoms with van der Waals surface area (Å²) >= 11 is 0. The number of rotatable bonds is 17. The van der Waals surface area contributed by atoms with Crippen LogP contribution in [0.15, 0.2) is 0 Å². The van der Waals surface area contributed by atoms with E-state index >= 15 is 0 Å². The monoisotopic (exact) mass is 330 g/mol. The van der Waals surface area contributed by atoms with Gasteiger partial charge >= 0.3 is 9.28 Å². The van der Waals surface area contributed by atoms with Crippen molar-refractivity contribution in [3.8, 4) is 0 Å². The molecule has 0 bridgehead atoms. The Labute approximate surface area is 142 Å². The van der Waals surface area contributed by atoms with Crippen LogP contribution in [0, 0.1) is 0 Å². The molecule has 0 aliphatic carbocycles. The Morgan fingerprint density at radius 2 is 1.00 bits per heavy atom. The predicted octanol–water partition coefficient (Wildman–Crippen LogP) is 6.37. The van der Waals surface area contributed by atoms with Crippen molar-refractivity contribution in [3.63, 3.8) is 0 Å². The van der Waals surface area contributed by atoms with Crippen molar-refractivity contribution in [2.75, 3.05) is 14.2 Å². The molecule has 0 radical (unpaired) electrons. The Bertz CT molecular complexity index is 208.